The van der Waals surface area contributed by atoms with Crippen molar-refractivity contribution in [1.82, 2.24) is 4.72 Å². The minimum Gasteiger partial charge on any atom is -0.464 e. The summed E-state index contributed by atoms with van der Waals surface area (Å²) in [7, 11) is -4.12. The Labute approximate surface area is 137 Å². The van der Waals surface area contributed by atoms with Gasteiger partial charge >= 0.3 is 10.3 Å². The minimum absolute atomic E-state index is 0.195. The Kier molecular flexibility index (Phi) is 5.46. The van der Waals surface area contributed by atoms with Crippen LogP contribution in [0.5, 0.6) is 5.75 Å². The molecule has 1 aliphatic rings. The predicted octanol–water partition coefficient (Wildman–Crippen LogP) is 2.21. The molecule has 0 fully saturated rings. The molecule has 6 nitrogen and oxygen atoms in total. The molecule has 1 aromatic carbocycles. The number of benzene rings is 1. The van der Waals surface area contributed by atoms with E-state index in [4.69, 9.17) is 14.0 Å². The normalized spacial score (nSPS) is 19.2. The maximum absolute atomic E-state index is 10.6. The highest BCUT2D eigenvalue weighted by atomic mass is 32.2. The van der Waals surface area contributed by atoms with E-state index in [1.165, 1.54) is 0 Å². The number of nitrogens with one attached hydrogen (secondary N) is 1. The van der Waals surface area contributed by atoms with Crippen molar-refractivity contribution in [2.75, 3.05) is 13.2 Å². The highest BCUT2D eigenvalue weighted by molar-refractivity contribution is 7.83. The van der Waals surface area contributed by atoms with Crippen LogP contribution >= 0.6 is 0 Å². The van der Waals surface area contributed by atoms with Gasteiger partial charge in [-0.2, -0.15) is 13.1 Å². The zero-order valence-electron chi connectivity index (χ0n) is 13.4. The third-order valence-electron chi connectivity index (χ3n) is 3.85. The Morgan fingerprint density at radius 1 is 1.48 bits per heavy atom. The zero-order chi connectivity index (χ0) is 17.1. The summed E-state index contributed by atoms with van der Waals surface area (Å²) < 4.78 is 43.5. The van der Waals surface area contributed by atoms with Crippen molar-refractivity contribution < 1.29 is 22.4 Å². The fraction of sp³-hybridized carbons (Fsp3) is 0.500. The van der Waals surface area contributed by atoms with Crippen molar-refractivity contribution >= 4 is 10.3 Å². The molecule has 0 amide bonds. The molecule has 23 heavy (non-hydrogen) atoms. The van der Waals surface area contributed by atoms with E-state index in [1.54, 1.807) is 6.08 Å². The van der Waals surface area contributed by atoms with E-state index in [0.717, 1.165) is 16.9 Å². The van der Waals surface area contributed by atoms with E-state index >= 15 is 0 Å². The van der Waals surface area contributed by atoms with Gasteiger partial charge in [0.15, 0.2) is 0 Å². The average Bonchev–Trinajstić information content (AvgIpc) is 2.71. The van der Waals surface area contributed by atoms with Crippen LogP contribution in [0.4, 0.5) is 0 Å². The summed E-state index contributed by atoms with van der Waals surface area (Å²) in [6.07, 6.45) is 2.63. The van der Waals surface area contributed by atoms with Crippen LogP contribution in [-0.4, -0.2) is 32.4 Å². The summed E-state index contributed by atoms with van der Waals surface area (Å²) in [5.74, 6) is 0.809. The summed E-state index contributed by atoms with van der Waals surface area (Å²) in [6.45, 7) is 8.40. The van der Waals surface area contributed by atoms with Crippen LogP contribution in [-0.2, 0) is 26.9 Å². The first-order valence-electron chi connectivity index (χ1n) is 7.48. The van der Waals surface area contributed by atoms with Crippen LogP contribution in [0.1, 0.15) is 31.4 Å². The molecule has 2 N–H and O–H groups in total. The molecule has 0 aliphatic carbocycles. The number of hydrogen-bond acceptors (Lipinski definition) is 4. The molecule has 1 aliphatic heterocycles. The summed E-state index contributed by atoms with van der Waals surface area (Å²) >= 11 is 0. The van der Waals surface area contributed by atoms with Gasteiger partial charge in [-0.1, -0.05) is 18.2 Å². The Morgan fingerprint density at radius 3 is 2.87 bits per heavy atom. The number of ether oxygens (including phenoxy) is 2. The van der Waals surface area contributed by atoms with Gasteiger partial charge in [0.1, 0.15) is 5.75 Å². The number of aryl methyl sites for hydroxylation is 1. The van der Waals surface area contributed by atoms with Gasteiger partial charge in [-0.25, -0.2) is 0 Å². The van der Waals surface area contributed by atoms with Crippen LogP contribution in [0, 0.1) is 0 Å². The molecule has 0 bridgehead atoms. The SMILES string of the molecule is C=CCOC1Oc2ccc(CCCNS(=O)(=O)O)cc2C1(C)C. The summed E-state index contributed by atoms with van der Waals surface area (Å²) in [4.78, 5) is 0. The molecule has 0 spiro atoms. The van der Waals surface area contributed by atoms with Gasteiger partial charge in [0.05, 0.1) is 12.0 Å². The van der Waals surface area contributed by atoms with Gasteiger partial charge in [-0.3, -0.25) is 4.55 Å². The van der Waals surface area contributed by atoms with Gasteiger partial charge in [-0.15, -0.1) is 6.58 Å². The summed E-state index contributed by atoms with van der Waals surface area (Å²) in [6, 6.07) is 5.94. The second-order valence-electron chi connectivity index (χ2n) is 6.10. The van der Waals surface area contributed by atoms with Crippen molar-refractivity contribution in [1.29, 1.82) is 0 Å². The quantitative estimate of drug-likeness (QED) is 0.430. The summed E-state index contributed by atoms with van der Waals surface area (Å²) in [5, 5.41) is 0. The maximum Gasteiger partial charge on any atom is 0.333 e. The molecule has 0 saturated carbocycles. The summed E-state index contributed by atoms with van der Waals surface area (Å²) in [5.41, 5.74) is 1.88. The highest BCUT2D eigenvalue weighted by Gasteiger charge is 2.42. The Bertz CT molecular complexity index is 669. The van der Waals surface area contributed by atoms with Crippen LogP contribution in [0.15, 0.2) is 30.9 Å². The van der Waals surface area contributed by atoms with Crippen molar-refractivity contribution in [2.24, 2.45) is 0 Å². The van der Waals surface area contributed by atoms with Crippen molar-refractivity contribution in [3.8, 4) is 5.75 Å². The second-order valence-corrected chi connectivity index (χ2v) is 7.34. The van der Waals surface area contributed by atoms with E-state index in [2.05, 4.69) is 31.2 Å². The minimum atomic E-state index is -4.12. The highest BCUT2D eigenvalue weighted by Crippen LogP contribution is 2.43. The van der Waals surface area contributed by atoms with E-state index in [0.29, 0.717) is 19.4 Å². The van der Waals surface area contributed by atoms with Gasteiger partial charge in [0, 0.05) is 12.1 Å². The van der Waals surface area contributed by atoms with Gasteiger partial charge < -0.3 is 9.47 Å². The zero-order valence-corrected chi connectivity index (χ0v) is 14.2. The monoisotopic (exact) mass is 341 g/mol. The van der Waals surface area contributed by atoms with Crippen molar-refractivity contribution in [3.63, 3.8) is 0 Å². The van der Waals surface area contributed by atoms with Gasteiger partial charge in [0.25, 0.3) is 0 Å². The smallest absolute Gasteiger partial charge is 0.333 e. The fourth-order valence-corrected chi connectivity index (χ4v) is 3.02. The Balaban J connectivity index is 2.02. The molecule has 1 aromatic rings. The van der Waals surface area contributed by atoms with Crippen LogP contribution in [0.3, 0.4) is 0 Å². The molecule has 0 aromatic heterocycles. The standard InChI is InChI=1S/C16H23NO5S/c1-4-10-21-15-16(2,3)13-11-12(7-8-14(13)22-15)6-5-9-17-23(18,19)20/h4,7-8,11,15,17H,1,5-6,9-10H2,2-3H3,(H,18,19,20). The third kappa shape index (κ3) is 4.54. The molecule has 0 radical (unpaired) electrons. The van der Waals surface area contributed by atoms with Crippen LogP contribution < -0.4 is 9.46 Å². The molecule has 7 heteroatoms. The number of rotatable bonds is 8. The van der Waals surface area contributed by atoms with Crippen molar-refractivity contribution in [3.05, 3.63) is 42.0 Å². The first kappa shape index (κ1) is 17.9. The number of hydrogen-bond donors (Lipinski definition) is 2. The third-order valence-corrected chi connectivity index (χ3v) is 4.42. The maximum atomic E-state index is 10.6. The molecule has 0 saturated heterocycles. The van der Waals surface area contributed by atoms with E-state index in [-0.39, 0.29) is 18.2 Å². The lowest BCUT2D eigenvalue weighted by Gasteiger charge is -2.25. The van der Waals surface area contributed by atoms with E-state index in [1.807, 2.05) is 12.1 Å². The van der Waals surface area contributed by atoms with Gasteiger partial charge in [-0.05, 0) is 38.3 Å². The predicted molar refractivity (Wildman–Crippen MR) is 87.9 cm³/mol. The van der Waals surface area contributed by atoms with Gasteiger partial charge in [0.2, 0.25) is 6.29 Å². The lowest BCUT2D eigenvalue weighted by atomic mass is 9.84. The van der Waals surface area contributed by atoms with Crippen LogP contribution in [0.2, 0.25) is 0 Å². The molecule has 2 rings (SSSR count). The lowest BCUT2D eigenvalue weighted by molar-refractivity contribution is -0.0925. The van der Waals surface area contributed by atoms with E-state index < -0.39 is 10.3 Å². The fourth-order valence-electron chi connectivity index (χ4n) is 2.62. The number of fused-ring (bicyclic) bond motifs is 1. The molecule has 1 unspecified atom stereocenters. The molecule has 1 heterocycles. The first-order valence-corrected chi connectivity index (χ1v) is 8.92. The average molecular weight is 341 g/mol. The molecule has 1 atom stereocenters. The second kappa shape index (κ2) is 7.00. The molecule has 128 valence electrons. The van der Waals surface area contributed by atoms with Crippen molar-refractivity contribution in [2.45, 2.75) is 38.4 Å². The first-order chi connectivity index (χ1) is 10.7. The molecular formula is C16H23NO5S. The Morgan fingerprint density at radius 2 is 2.22 bits per heavy atom. The Hall–Kier alpha value is -1.41. The van der Waals surface area contributed by atoms with Crippen LogP contribution in [0.25, 0.3) is 0 Å². The van der Waals surface area contributed by atoms with E-state index in [9.17, 15) is 8.42 Å². The lowest BCUT2D eigenvalue weighted by Crippen LogP contribution is -2.34. The topological polar surface area (TPSA) is 84.9 Å². The molecular weight excluding hydrogens is 318 g/mol. The largest absolute Gasteiger partial charge is 0.464 e.